The molecule has 0 saturated heterocycles. The van der Waals surface area contributed by atoms with Crippen molar-refractivity contribution in [2.75, 3.05) is 47.4 Å². The summed E-state index contributed by atoms with van der Waals surface area (Å²) in [6.45, 7) is 4.81. The SMILES string of the molecule is C[C@@H]1CN([C@H](C)CO)C(=O)c2cc(C#CCN(C)C)cnc2O[C@H]1CN(C)C(=O)c1cccnc1. The van der Waals surface area contributed by atoms with E-state index in [1.807, 2.05) is 25.9 Å². The van der Waals surface area contributed by atoms with Gasteiger partial charge in [-0.2, -0.15) is 0 Å². The summed E-state index contributed by atoms with van der Waals surface area (Å²) >= 11 is 0. The van der Waals surface area contributed by atoms with Crippen molar-refractivity contribution in [3.8, 4) is 17.7 Å². The largest absolute Gasteiger partial charge is 0.472 e. The molecule has 3 heterocycles. The fraction of sp³-hybridized carbons (Fsp3) is 0.462. The molecule has 35 heavy (non-hydrogen) atoms. The molecule has 0 unspecified atom stereocenters. The monoisotopic (exact) mass is 479 g/mol. The second-order valence-corrected chi connectivity index (χ2v) is 9.17. The summed E-state index contributed by atoms with van der Waals surface area (Å²) in [5, 5.41) is 9.81. The predicted molar refractivity (Wildman–Crippen MR) is 132 cm³/mol. The fourth-order valence-corrected chi connectivity index (χ4v) is 3.75. The molecule has 186 valence electrons. The summed E-state index contributed by atoms with van der Waals surface area (Å²) in [6.07, 6.45) is 4.30. The van der Waals surface area contributed by atoms with Crippen LogP contribution in [-0.2, 0) is 0 Å². The number of carbonyl (C=O) groups is 2. The number of amides is 2. The van der Waals surface area contributed by atoms with Crippen molar-refractivity contribution in [2.24, 2.45) is 5.92 Å². The maximum Gasteiger partial charge on any atom is 0.259 e. The van der Waals surface area contributed by atoms with Gasteiger partial charge in [-0.1, -0.05) is 18.8 Å². The molecule has 9 heteroatoms. The topological polar surface area (TPSA) is 99.1 Å². The van der Waals surface area contributed by atoms with Gasteiger partial charge in [-0.15, -0.1) is 0 Å². The third kappa shape index (κ3) is 6.56. The Bertz CT molecular complexity index is 1100. The van der Waals surface area contributed by atoms with Crippen LogP contribution < -0.4 is 4.74 Å². The molecular formula is C26H33N5O4. The van der Waals surface area contributed by atoms with Gasteiger partial charge in [0.2, 0.25) is 5.88 Å². The Kier molecular flexibility index (Phi) is 8.79. The van der Waals surface area contributed by atoms with Gasteiger partial charge in [0.05, 0.1) is 31.3 Å². The highest BCUT2D eigenvalue weighted by atomic mass is 16.5. The first-order chi connectivity index (χ1) is 16.7. The van der Waals surface area contributed by atoms with E-state index in [9.17, 15) is 14.7 Å². The van der Waals surface area contributed by atoms with E-state index in [0.29, 0.717) is 29.8 Å². The average molecular weight is 480 g/mol. The Morgan fingerprint density at radius 1 is 1.34 bits per heavy atom. The number of ether oxygens (including phenoxy) is 1. The number of fused-ring (bicyclic) bond motifs is 1. The van der Waals surface area contributed by atoms with Crippen LogP contribution in [0.25, 0.3) is 0 Å². The number of carbonyl (C=O) groups excluding carboxylic acids is 2. The Morgan fingerprint density at radius 3 is 2.77 bits per heavy atom. The second kappa shape index (κ2) is 11.8. The second-order valence-electron chi connectivity index (χ2n) is 9.17. The van der Waals surface area contributed by atoms with Crippen molar-refractivity contribution in [1.82, 2.24) is 24.7 Å². The van der Waals surface area contributed by atoms with Crippen molar-refractivity contribution >= 4 is 11.8 Å². The first-order valence-corrected chi connectivity index (χ1v) is 11.6. The van der Waals surface area contributed by atoms with Gasteiger partial charge >= 0.3 is 0 Å². The number of rotatable bonds is 6. The van der Waals surface area contributed by atoms with Crippen LogP contribution in [-0.4, -0.2) is 101 Å². The molecule has 0 bridgehead atoms. The molecule has 0 saturated carbocycles. The quantitative estimate of drug-likeness (QED) is 0.625. The third-order valence-corrected chi connectivity index (χ3v) is 5.86. The van der Waals surface area contributed by atoms with Crippen LogP contribution in [0, 0.1) is 17.8 Å². The van der Waals surface area contributed by atoms with Gasteiger partial charge in [-0.25, -0.2) is 4.98 Å². The zero-order chi connectivity index (χ0) is 25.5. The standard InChI is InChI=1S/C26H33N5O4/c1-18-15-31(19(2)17-32)26(34)22-12-20(8-7-11-29(3)4)13-28-24(22)35-23(18)16-30(5)25(33)21-9-6-10-27-14-21/h6,9-10,12-14,18-19,23,32H,11,15-17H2,1-5H3/t18-,19-,23+/m1/s1. The van der Waals surface area contributed by atoms with E-state index in [4.69, 9.17) is 4.74 Å². The summed E-state index contributed by atoms with van der Waals surface area (Å²) in [5.74, 6) is 5.71. The lowest BCUT2D eigenvalue weighted by molar-refractivity contribution is 0.0313. The maximum absolute atomic E-state index is 13.5. The third-order valence-electron chi connectivity index (χ3n) is 5.86. The van der Waals surface area contributed by atoms with Gasteiger partial charge in [-0.3, -0.25) is 19.5 Å². The molecule has 1 aliphatic heterocycles. The Balaban J connectivity index is 1.93. The molecule has 3 atom stereocenters. The van der Waals surface area contributed by atoms with E-state index in [2.05, 4.69) is 21.8 Å². The van der Waals surface area contributed by atoms with E-state index in [0.717, 1.165) is 0 Å². The van der Waals surface area contributed by atoms with Gasteiger partial charge in [0.15, 0.2) is 0 Å². The smallest absolute Gasteiger partial charge is 0.259 e. The summed E-state index contributed by atoms with van der Waals surface area (Å²) in [5.41, 5.74) is 1.38. The molecule has 2 aromatic rings. The number of likely N-dealkylation sites (N-methyl/N-ethyl adjacent to an activating group) is 1. The van der Waals surface area contributed by atoms with Crippen molar-refractivity contribution < 1.29 is 19.4 Å². The number of aromatic nitrogens is 2. The number of pyridine rings is 2. The minimum absolute atomic E-state index is 0.133. The zero-order valence-corrected chi connectivity index (χ0v) is 20.9. The lowest BCUT2D eigenvalue weighted by atomic mass is 9.99. The maximum atomic E-state index is 13.5. The molecule has 0 aromatic carbocycles. The molecular weight excluding hydrogens is 446 g/mol. The van der Waals surface area contributed by atoms with Gasteiger partial charge in [0, 0.05) is 43.7 Å². The number of aliphatic hydroxyl groups excluding tert-OH is 1. The zero-order valence-electron chi connectivity index (χ0n) is 20.9. The number of nitrogens with zero attached hydrogens (tertiary/aromatic N) is 5. The van der Waals surface area contributed by atoms with Crippen LogP contribution >= 0.6 is 0 Å². The Labute approximate surface area is 206 Å². The van der Waals surface area contributed by atoms with E-state index in [1.54, 1.807) is 54.4 Å². The predicted octanol–water partition coefficient (Wildman–Crippen LogP) is 1.38. The van der Waals surface area contributed by atoms with Gasteiger partial charge < -0.3 is 19.6 Å². The Morgan fingerprint density at radius 2 is 2.11 bits per heavy atom. The lowest BCUT2D eigenvalue weighted by Crippen LogP contribution is -2.50. The normalized spacial score (nSPS) is 18.5. The molecule has 0 spiro atoms. The average Bonchev–Trinajstić information content (AvgIpc) is 2.85. The molecule has 1 aliphatic rings. The fourth-order valence-electron chi connectivity index (χ4n) is 3.75. The van der Waals surface area contributed by atoms with Crippen LogP contribution in [0.2, 0.25) is 0 Å². The number of hydrogen-bond acceptors (Lipinski definition) is 7. The van der Waals surface area contributed by atoms with Crippen molar-refractivity contribution in [3.63, 3.8) is 0 Å². The van der Waals surface area contributed by atoms with E-state index in [-0.39, 0.29) is 36.8 Å². The molecule has 0 aliphatic carbocycles. The minimum atomic E-state index is -0.431. The summed E-state index contributed by atoms with van der Waals surface area (Å²) < 4.78 is 6.25. The van der Waals surface area contributed by atoms with Crippen LogP contribution in [0.3, 0.4) is 0 Å². The highest BCUT2D eigenvalue weighted by molar-refractivity contribution is 5.97. The molecule has 2 amide bonds. The molecule has 9 nitrogen and oxygen atoms in total. The summed E-state index contributed by atoms with van der Waals surface area (Å²) in [7, 11) is 5.56. The van der Waals surface area contributed by atoms with Crippen molar-refractivity contribution in [1.29, 1.82) is 0 Å². The molecule has 0 radical (unpaired) electrons. The first-order valence-electron chi connectivity index (χ1n) is 11.6. The minimum Gasteiger partial charge on any atom is -0.472 e. The van der Waals surface area contributed by atoms with Gasteiger partial charge in [0.25, 0.3) is 11.8 Å². The van der Waals surface area contributed by atoms with E-state index in [1.165, 1.54) is 6.20 Å². The van der Waals surface area contributed by atoms with E-state index < -0.39 is 12.1 Å². The van der Waals surface area contributed by atoms with Crippen LogP contribution in [0.4, 0.5) is 0 Å². The van der Waals surface area contributed by atoms with Crippen LogP contribution in [0.15, 0.2) is 36.8 Å². The van der Waals surface area contributed by atoms with Gasteiger partial charge in [0.1, 0.15) is 11.7 Å². The van der Waals surface area contributed by atoms with Crippen LogP contribution in [0.5, 0.6) is 5.88 Å². The molecule has 2 aromatic heterocycles. The molecule has 0 fully saturated rings. The van der Waals surface area contributed by atoms with Crippen LogP contribution in [0.1, 0.15) is 40.1 Å². The number of hydrogen-bond donors (Lipinski definition) is 1. The lowest BCUT2D eigenvalue weighted by Gasteiger charge is -2.37. The molecule has 1 N–H and O–H groups in total. The molecule has 3 rings (SSSR count). The Hall–Kier alpha value is -3.48. The van der Waals surface area contributed by atoms with Crippen molar-refractivity contribution in [3.05, 3.63) is 53.5 Å². The highest BCUT2D eigenvalue weighted by Gasteiger charge is 2.34. The van der Waals surface area contributed by atoms with E-state index >= 15 is 0 Å². The van der Waals surface area contributed by atoms with Gasteiger partial charge in [-0.05, 0) is 39.2 Å². The summed E-state index contributed by atoms with van der Waals surface area (Å²) in [6, 6.07) is 4.72. The highest BCUT2D eigenvalue weighted by Crippen LogP contribution is 2.27. The summed E-state index contributed by atoms with van der Waals surface area (Å²) in [4.78, 5) is 40.0. The van der Waals surface area contributed by atoms with Crippen molar-refractivity contribution in [2.45, 2.75) is 26.0 Å². The number of aliphatic hydroxyl groups is 1. The first kappa shape index (κ1) is 26.1.